The van der Waals surface area contributed by atoms with Crippen LogP contribution in [0.5, 0.6) is 0 Å². The number of carboxylic acid groups (broad SMARTS) is 1. The average molecular weight is 300 g/mol. The van der Waals surface area contributed by atoms with E-state index >= 15 is 0 Å². The molecule has 1 heterocycles. The second-order valence-electron chi connectivity index (χ2n) is 5.98. The van der Waals surface area contributed by atoms with Gasteiger partial charge in [0.1, 0.15) is 0 Å². The lowest BCUT2D eigenvalue weighted by atomic mass is 9.86. The molecule has 0 bridgehead atoms. The van der Waals surface area contributed by atoms with Gasteiger partial charge in [0.25, 0.3) is 5.56 Å². The van der Waals surface area contributed by atoms with Crippen molar-refractivity contribution < 1.29 is 9.90 Å². The van der Waals surface area contributed by atoms with Crippen LogP contribution in [0.4, 0.5) is 0 Å². The Morgan fingerprint density at radius 2 is 1.95 bits per heavy atom. The number of carbonyl (C=O) groups is 1. The fourth-order valence-electron chi connectivity index (χ4n) is 3.12. The average Bonchev–Trinajstić information content (AvgIpc) is 2.53. The van der Waals surface area contributed by atoms with Crippen molar-refractivity contribution in [3.05, 3.63) is 46.2 Å². The Balaban J connectivity index is 1.64. The van der Waals surface area contributed by atoms with Gasteiger partial charge in [-0.2, -0.15) is 0 Å². The number of hydrogen-bond donors (Lipinski definition) is 3. The zero-order valence-electron chi connectivity index (χ0n) is 12.3. The Labute approximate surface area is 128 Å². The quantitative estimate of drug-likeness (QED) is 0.809. The Kier molecular flexibility index (Phi) is 4.24. The summed E-state index contributed by atoms with van der Waals surface area (Å²) in [6, 6.07) is 9.93. The molecule has 0 radical (unpaired) electrons. The summed E-state index contributed by atoms with van der Waals surface area (Å²) in [5.74, 6) is -0.897. The number of fused-ring (bicyclic) bond motifs is 1. The summed E-state index contributed by atoms with van der Waals surface area (Å²) >= 11 is 0. The maximum atomic E-state index is 12.1. The van der Waals surface area contributed by atoms with Gasteiger partial charge in [-0.25, -0.2) is 0 Å². The summed E-state index contributed by atoms with van der Waals surface area (Å²) in [5.41, 5.74) is 1.50. The largest absolute Gasteiger partial charge is 0.481 e. The SMILES string of the molecule is O=C(O)C1CCC(NCc2cc3ccccc3[nH]c2=O)CC1. The molecule has 1 aliphatic carbocycles. The molecule has 1 aliphatic rings. The van der Waals surface area contributed by atoms with Gasteiger partial charge in [-0.1, -0.05) is 18.2 Å². The lowest BCUT2D eigenvalue weighted by Gasteiger charge is -2.26. The van der Waals surface area contributed by atoms with Crippen molar-refractivity contribution in [3.63, 3.8) is 0 Å². The van der Waals surface area contributed by atoms with E-state index in [1.807, 2.05) is 30.3 Å². The molecule has 0 spiro atoms. The molecule has 116 valence electrons. The van der Waals surface area contributed by atoms with Gasteiger partial charge in [-0.05, 0) is 43.2 Å². The van der Waals surface area contributed by atoms with E-state index in [0.717, 1.165) is 29.3 Å². The summed E-state index contributed by atoms with van der Waals surface area (Å²) in [7, 11) is 0. The molecule has 22 heavy (non-hydrogen) atoms. The summed E-state index contributed by atoms with van der Waals surface area (Å²) in [4.78, 5) is 25.9. The molecular weight excluding hydrogens is 280 g/mol. The first-order valence-corrected chi connectivity index (χ1v) is 7.70. The maximum Gasteiger partial charge on any atom is 0.306 e. The molecule has 0 aliphatic heterocycles. The van der Waals surface area contributed by atoms with Crippen LogP contribution in [0.2, 0.25) is 0 Å². The van der Waals surface area contributed by atoms with Crippen LogP contribution in [0.3, 0.4) is 0 Å². The maximum absolute atomic E-state index is 12.1. The minimum atomic E-state index is -0.690. The predicted octanol–water partition coefficient (Wildman–Crippen LogP) is 2.26. The normalized spacial score (nSPS) is 21.8. The molecule has 0 amide bonds. The second-order valence-corrected chi connectivity index (χ2v) is 5.98. The number of aromatic nitrogens is 1. The molecule has 3 rings (SSSR count). The third kappa shape index (κ3) is 3.20. The number of rotatable bonds is 4. The lowest BCUT2D eigenvalue weighted by molar-refractivity contribution is -0.142. The molecule has 5 nitrogen and oxygen atoms in total. The van der Waals surface area contributed by atoms with Gasteiger partial charge in [-0.15, -0.1) is 0 Å². The van der Waals surface area contributed by atoms with Gasteiger partial charge < -0.3 is 15.4 Å². The molecule has 2 aromatic rings. The van der Waals surface area contributed by atoms with Gasteiger partial charge in [0.15, 0.2) is 0 Å². The second kappa shape index (κ2) is 6.32. The number of hydrogen-bond acceptors (Lipinski definition) is 3. The Hall–Kier alpha value is -2.14. The highest BCUT2D eigenvalue weighted by atomic mass is 16.4. The van der Waals surface area contributed by atoms with Crippen LogP contribution in [0.1, 0.15) is 31.2 Å². The van der Waals surface area contributed by atoms with Crippen LogP contribution in [0.25, 0.3) is 10.9 Å². The van der Waals surface area contributed by atoms with Gasteiger partial charge in [0.2, 0.25) is 0 Å². The van der Waals surface area contributed by atoms with Gasteiger partial charge in [0, 0.05) is 23.7 Å². The fourth-order valence-corrected chi connectivity index (χ4v) is 3.12. The van der Waals surface area contributed by atoms with Crippen LogP contribution in [-0.4, -0.2) is 22.1 Å². The lowest BCUT2D eigenvalue weighted by Crippen LogP contribution is -2.35. The van der Waals surface area contributed by atoms with E-state index in [1.165, 1.54) is 0 Å². The van der Waals surface area contributed by atoms with Crippen LogP contribution in [-0.2, 0) is 11.3 Å². The van der Waals surface area contributed by atoms with Crippen LogP contribution >= 0.6 is 0 Å². The molecule has 1 fully saturated rings. The molecular formula is C17H20N2O3. The van der Waals surface area contributed by atoms with Crippen molar-refractivity contribution in [2.75, 3.05) is 0 Å². The Bertz CT molecular complexity index is 730. The highest BCUT2D eigenvalue weighted by Gasteiger charge is 2.25. The molecule has 1 aromatic heterocycles. The molecule has 5 heteroatoms. The van der Waals surface area contributed by atoms with Crippen LogP contribution in [0, 0.1) is 5.92 Å². The minimum absolute atomic E-state index is 0.0644. The van der Waals surface area contributed by atoms with E-state index in [0.29, 0.717) is 25.4 Å². The summed E-state index contributed by atoms with van der Waals surface area (Å²) < 4.78 is 0. The third-order valence-corrected chi connectivity index (χ3v) is 4.49. The number of carboxylic acids is 1. The van der Waals surface area contributed by atoms with Gasteiger partial charge in [-0.3, -0.25) is 9.59 Å². The molecule has 3 N–H and O–H groups in total. The first-order valence-electron chi connectivity index (χ1n) is 7.70. The molecule has 1 saturated carbocycles. The van der Waals surface area contributed by atoms with Crippen LogP contribution in [0.15, 0.2) is 35.1 Å². The van der Waals surface area contributed by atoms with Crippen molar-refractivity contribution in [1.29, 1.82) is 0 Å². The first kappa shape index (κ1) is 14.8. The zero-order chi connectivity index (χ0) is 15.5. The van der Waals surface area contributed by atoms with Crippen molar-refractivity contribution in [2.45, 2.75) is 38.3 Å². The highest BCUT2D eigenvalue weighted by Crippen LogP contribution is 2.24. The van der Waals surface area contributed by atoms with E-state index < -0.39 is 5.97 Å². The van der Waals surface area contributed by atoms with E-state index in [-0.39, 0.29) is 11.5 Å². The van der Waals surface area contributed by atoms with E-state index in [2.05, 4.69) is 10.3 Å². The standard InChI is InChI=1S/C17H20N2O3/c20-16-13(9-12-3-1-2-4-15(12)19-16)10-18-14-7-5-11(6-8-14)17(21)22/h1-4,9,11,14,18H,5-8,10H2,(H,19,20)(H,21,22). The first-order chi connectivity index (χ1) is 10.6. The number of benzene rings is 1. The molecule has 0 atom stereocenters. The Morgan fingerprint density at radius 3 is 2.68 bits per heavy atom. The van der Waals surface area contributed by atoms with Crippen molar-refractivity contribution in [3.8, 4) is 0 Å². The van der Waals surface area contributed by atoms with E-state index in [1.54, 1.807) is 0 Å². The number of aliphatic carboxylic acids is 1. The number of para-hydroxylation sites is 1. The van der Waals surface area contributed by atoms with E-state index in [9.17, 15) is 9.59 Å². The van der Waals surface area contributed by atoms with Crippen LogP contribution < -0.4 is 10.9 Å². The van der Waals surface area contributed by atoms with Crippen molar-refractivity contribution in [2.24, 2.45) is 5.92 Å². The third-order valence-electron chi connectivity index (χ3n) is 4.49. The zero-order valence-corrected chi connectivity index (χ0v) is 12.3. The molecule has 1 aromatic carbocycles. The summed E-state index contributed by atoms with van der Waals surface area (Å²) in [5, 5.41) is 13.4. The molecule has 0 unspecified atom stereocenters. The number of pyridine rings is 1. The Morgan fingerprint density at radius 1 is 1.23 bits per heavy atom. The van der Waals surface area contributed by atoms with E-state index in [4.69, 9.17) is 5.11 Å². The van der Waals surface area contributed by atoms with Crippen molar-refractivity contribution in [1.82, 2.24) is 10.3 Å². The smallest absolute Gasteiger partial charge is 0.306 e. The number of nitrogens with one attached hydrogen (secondary N) is 2. The molecule has 0 saturated heterocycles. The topological polar surface area (TPSA) is 82.2 Å². The summed E-state index contributed by atoms with van der Waals surface area (Å²) in [6.07, 6.45) is 3.12. The number of aromatic amines is 1. The highest BCUT2D eigenvalue weighted by molar-refractivity contribution is 5.78. The van der Waals surface area contributed by atoms with Crippen molar-refractivity contribution >= 4 is 16.9 Å². The van der Waals surface area contributed by atoms with Gasteiger partial charge in [0.05, 0.1) is 5.92 Å². The minimum Gasteiger partial charge on any atom is -0.481 e. The monoisotopic (exact) mass is 300 g/mol. The fraction of sp³-hybridized carbons (Fsp3) is 0.412. The summed E-state index contributed by atoms with van der Waals surface area (Å²) in [6.45, 7) is 0.516. The van der Waals surface area contributed by atoms with Gasteiger partial charge >= 0.3 is 5.97 Å². The number of H-pyrrole nitrogens is 1. The predicted molar refractivity (Wildman–Crippen MR) is 84.8 cm³/mol.